The van der Waals surface area contributed by atoms with Gasteiger partial charge in [0, 0.05) is 16.8 Å². The van der Waals surface area contributed by atoms with E-state index in [-0.39, 0.29) is 25.4 Å². The number of hydrogen-bond donors (Lipinski definition) is 0. The number of ketones is 1. The minimum atomic E-state index is -0.823. The van der Waals surface area contributed by atoms with E-state index in [4.69, 9.17) is 21.1 Å². The van der Waals surface area contributed by atoms with Crippen LogP contribution in [0.1, 0.15) is 25.0 Å². The lowest BCUT2D eigenvalue weighted by Crippen LogP contribution is -2.36. The Kier molecular flexibility index (Phi) is 4.64. The number of carbonyl (C=O) groups is 2. The molecular weight excluding hydrogens is 316 g/mol. The summed E-state index contributed by atoms with van der Waals surface area (Å²) in [4.78, 5) is 24.1. The van der Waals surface area contributed by atoms with Crippen molar-refractivity contribution in [3.05, 3.63) is 47.0 Å². The van der Waals surface area contributed by atoms with E-state index < -0.39 is 18.0 Å². The molecule has 0 bridgehead atoms. The van der Waals surface area contributed by atoms with E-state index >= 15 is 0 Å². The van der Waals surface area contributed by atoms with Crippen LogP contribution in [0.2, 0.25) is 5.02 Å². The van der Waals surface area contributed by atoms with Gasteiger partial charge in [0.2, 0.25) is 0 Å². The average Bonchev–Trinajstić information content (AvgIpc) is 2.54. The molecule has 2 aromatic rings. The van der Waals surface area contributed by atoms with Gasteiger partial charge in [-0.15, -0.1) is 0 Å². The molecule has 120 valence electrons. The molecular formula is C18H17ClO4. The van der Waals surface area contributed by atoms with Gasteiger partial charge in [0.1, 0.15) is 5.92 Å². The lowest BCUT2D eigenvalue weighted by molar-refractivity contribution is -0.160. The summed E-state index contributed by atoms with van der Waals surface area (Å²) >= 11 is 6.32. The molecule has 1 saturated heterocycles. The van der Waals surface area contributed by atoms with E-state index in [2.05, 4.69) is 0 Å². The fourth-order valence-electron chi connectivity index (χ4n) is 2.92. The standard InChI is InChI=1S/C18H17ClO4/c1-2-22-18(21)13-10-23-16(9-15(13)20)12-7-3-5-11-6-4-8-14(19)17(11)12/h3-8,13,16H,2,9-10H2,1H3. The smallest absolute Gasteiger partial charge is 0.318 e. The van der Waals surface area contributed by atoms with Crippen molar-refractivity contribution in [2.24, 2.45) is 5.92 Å². The van der Waals surface area contributed by atoms with Crippen LogP contribution in [0.3, 0.4) is 0 Å². The van der Waals surface area contributed by atoms with Gasteiger partial charge in [-0.2, -0.15) is 0 Å². The van der Waals surface area contributed by atoms with Gasteiger partial charge < -0.3 is 9.47 Å². The molecule has 1 fully saturated rings. The van der Waals surface area contributed by atoms with Crippen LogP contribution in [0, 0.1) is 5.92 Å². The number of rotatable bonds is 3. The highest BCUT2D eigenvalue weighted by Crippen LogP contribution is 2.36. The zero-order chi connectivity index (χ0) is 16.4. The van der Waals surface area contributed by atoms with Crippen LogP contribution < -0.4 is 0 Å². The van der Waals surface area contributed by atoms with E-state index in [0.29, 0.717) is 5.02 Å². The molecule has 2 aromatic carbocycles. The Labute approximate surface area is 139 Å². The maximum absolute atomic E-state index is 12.3. The molecule has 3 rings (SSSR count). The maximum atomic E-state index is 12.3. The van der Waals surface area contributed by atoms with Gasteiger partial charge in [0.25, 0.3) is 0 Å². The molecule has 2 unspecified atom stereocenters. The van der Waals surface area contributed by atoms with E-state index in [1.165, 1.54) is 0 Å². The monoisotopic (exact) mass is 332 g/mol. The van der Waals surface area contributed by atoms with Crippen molar-refractivity contribution in [1.82, 2.24) is 0 Å². The highest BCUT2D eigenvalue weighted by molar-refractivity contribution is 6.35. The Hall–Kier alpha value is -1.91. The molecule has 5 heteroatoms. The van der Waals surface area contributed by atoms with Gasteiger partial charge >= 0.3 is 5.97 Å². The largest absolute Gasteiger partial charge is 0.465 e. The van der Waals surface area contributed by atoms with Crippen molar-refractivity contribution in [3.8, 4) is 0 Å². The second kappa shape index (κ2) is 6.69. The zero-order valence-electron chi connectivity index (χ0n) is 12.8. The molecule has 0 N–H and O–H groups in total. The fraction of sp³-hybridized carbons (Fsp3) is 0.333. The Morgan fingerprint density at radius 3 is 2.74 bits per heavy atom. The minimum Gasteiger partial charge on any atom is -0.465 e. The molecule has 2 atom stereocenters. The van der Waals surface area contributed by atoms with Gasteiger partial charge in [-0.1, -0.05) is 41.9 Å². The molecule has 1 aliphatic rings. The quantitative estimate of drug-likeness (QED) is 0.635. The van der Waals surface area contributed by atoms with E-state index in [9.17, 15) is 9.59 Å². The number of Topliss-reactive ketones (excluding diaryl/α,β-unsaturated/α-hetero) is 1. The summed E-state index contributed by atoms with van der Waals surface area (Å²) in [5.41, 5.74) is 0.878. The molecule has 23 heavy (non-hydrogen) atoms. The molecule has 0 aromatic heterocycles. The van der Waals surface area contributed by atoms with Crippen molar-refractivity contribution in [2.45, 2.75) is 19.4 Å². The van der Waals surface area contributed by atoms with Crippen LogP contribution in [0.5, 0.6) is 0 Å². The minimum absolute atomic E-state index is 0.0448. The number of hydrogen-bond acceptors (Lipinski definition) is 4. The first-order valence-corrected chi connectivity index (χ1v) is 7.97. The first kappa shape index (κ1) is 16.0. The third-order valence-electron chi connectivity index (χ3n) is 4.04. The molecule has 0 spiro atoms. The van der Waals surface area contributed by atoms with Gasteiger partial charge in [0.05, 0.1) is 19.3 Å². The van der Waals surface area contributed by atoms with Crippen molar-refractivity contribution in [3.63, 3.8) is 0 Å². The summed E-state index contributed by atoms with van der Waals surface area (Å²) in [5, 5.41) is 2.52. The third kappa shape index (κ3) is 3.09. The topological polar surface area (TPSA) is 52.6 Å². The number of halogens is 1. The van der Waals surface area contributed by atoms with Crippen LogP contribution in [-0.4, -0.2) is 25.0 Å². The normalized spacial score (nSPS) is 21.4. The Morgan fingerprint density at radius 2 is 2.04 bits per heavy atom. The van der Waals surface area contributed by atoms with Gasteiger partial charge in [0.15, 0.2) is 5.78 Å². The van der Waals surface area contributed by atoms with Gasteiger partial charge in [-0.25, -0.2) is 0 Å². The fourth-order valence-corrected chi connectivity index (χ4v) is 3.21. The SMILES string of the molecule is CCOC(=O)C1COC(c2cccc3cccc(Cl)c23)CC1=O. The van der Waals surface area contributed by atoms with Crippen molar-refractivity contribution in [1.29, 1.82) is 0 Å². The van der Waals surface area contributed by atoms with Crippen LogP contribution in [0.15, 0.2) is 36.4 Å². The van der Waals surface area contributed by atoms with E-state index in [1.807, 2.05) is 36.4 Å². The van der Waals surface area contributed by atoms with Crippen molar-refractivity contribution in [2.75, 3.05) is 13.2 Å². The van der Waals surface area contributed by atoms with Crippen LogP contribution in [-0.2, 0) is 19.1 Å². The molecule has 1 aliphatic heterocycles. The number of carbonyl (C=O) groups excluding carboxylic acids is 2. The highest BCUT2D eigenvalue weighted by Gasteiger charge is 2.36. The number of esters is 1. The predicted molar refractivity (Wildman–Crippen MR) is 87.4 cm³/mol. The molecule has 0 radical (unpaired) electrons. The van der Waals surface area contributed by atoms with E-state index in [0.717, 1.165) is 16.3 Å². The Bertz CT molecular complexity index is 751. The summed E-state index contributed by atoms with van der Waals surface area (Å²) in [6.07, 6.45) is -0.245. The Balaban J connectivity index is 1.88. The lowest BCUT2D eigenvalue weighted by atomic mass is 9.91. The summed E-state index contributed by atoms with van der Waals surface area (Å²) in [6, 6.07) is 11.5. The molecule has 1 heterocycles. The lowest BCUT2D eigenvalue weighted by Gasteiger charge is -2.28. The summed E-state index contributed by atoms with van der Waals surface area (Å²) in [7, 11) is 0. The van der Waals surface area contributed by atoms with Crippen LogP contribution >= 0.6 is 11.6 Å². The van der Waals surface area contributed by atoms with Gasteiger partial charge in [-0.05, 0) is 23.9 Å². The van der Waals surface area contributed by atoms with Crippen molar-refractivity contribution >= 4 is 34.1 Å². The third-order valence-corrected chi connectivity index (χ3v) is 4.36. The van der Waals surface area contributed by atoms with Crippen molar-refractivity contribution < 1.29 is 19.1 Å². The molecule has 0 saturated carbocycles. The van der Waals surface area contributed by atoms with Crippen LogP contribution in [0.4, 0.5) is 0 Å². The number of ether oxygens (including phenoxy) is 2. The first-order valence-electron chi connectivity index (χ1n) is 7.60. The van der Waals surface area contributed by atoms with E-state index in [1.54, 1.807) is 6.92 Å². The second-order valence-corrected chi connectivity index (χ2v) is 5.89. The highest BCUT2D eigenvalue weighted by atomic mass is 35.5. The molecule has 0 amide bonds. The van der Waals surface area contributed by atoms with Crippen LogP contribution in [0.25, 0.3) is 10.8 Å². The van der Waals surface area contributed by atoms with Gasteiger partial charge in [-0.3, -0.25) is 9.59 Å². The molecule has 0 aliphatic carbocycles. The average molecular weight is 333 g/mol. The zero-order valence-corrected chi connectivity index (χ0v) is 13.5. The Morgan fingerprint density at radius 1 is 1.30 bits per heavy atom. The molecule has 4 nitrogen and oxygen atoms in total. The second-order valence-electron chi connectivity index (χ2n) is 5.48. The summed E-state index contributed by atoms with van der Waals surface area (Å²) < 4.78 is 10.7. The maximum Gasteiger partial charge on any atom is 0.318 e. The number of fused-ring (bicyclic) bond motifs is 1. The predicted octanol–water partition coefficient (Wildman–Crippen LogP) is 3.70. The summed E-state index contributed by atoms with van der Waals surface area (Å²) in [6.45, 7) is 2.01. The number of benzene rings is 2. The summed E-state index contributed by atoms with van der Waals surface area (Å²) in [5.74, 6) is -1.48. The first-order chi connectivity index (χ1) is 11.1.